The van der Waals surface area contributed by atoms with Crippen molar-refractivity contribution in [2.24, 2.45) is 0 Å². The molecule has 0 spiro atoms. The Morgan fingerprint density at radius 1 is 0.588 bits per heavy atom. The highest BCUT2D eigenvalue weighted by Crippen LogP contribution is 2.43. The number of unbranched alkanes of at least 4 members (excludes halogenated alkanes) is 23. The number of carbonyl (C=O) groups excluding carboxylic acids is 2. The number of phosphoric ester groups is 1. The summed E-state index contributed by atoms with van der Waals surface area (Å²) in [7, 11) is -0.705. The zero-order valence-corrected chi connectivity index (χ0v) is 34.5. The largest absolute Gasteiger partial charge is 0.472 e. The second kappa shape index (κ2) is 37.1. The van der Waals surface area contributed by atoms with Crippen molar-refractivity contribution in [1.82, 2.24) is 4.90 Å². The van der Waals surface area contributed by atoms with Gasteiger partial charge in [0.25, 0.3) is 0 Å². The van der Waals surface area contributed by atoms with E-state index in [1.165, 1.54) is 109 Å². The third-order valence-electron chi connectivity index (χ3n) is 9.07. The molecule has 302 valence electrons. The standard InChI is InChI=1S/C41H80NO8P/c1-5-7-9-11-13-15-17-19-20-22-23-25-27-29-31-33-40(43)47-37-39(38-49-51(45,46)48-36-35-42(3)4)50-41(44)34-32-30-28-26-24-21-18-16-14-12-10-8-6-2/h19-20,39H,5-18,21-38H2,1-4H3,(H,45,46)/b20-19-. The molecule has 0 radical (unpaired) electrons. The molecule has 0 saturated carbocycles. The van der Waals surface area contributed by atoms with Crippen molar-refractivity contribution in [2.45, 2.75) is 200 Å². The fourth-order valence-corrected chi connectivity index (χ4v) is 6.54. The third kappa shape index (κ3) is 38.3. The van der Waals surface area contributed by atoms with Crippen molar-refractivity contribution in [3.63, 3.8) is 0 Å². The van der Waals surface area contributed by atoms with Crippen LogP contribution in [0.3, 0.4) is 0 Å². The Bertz CT molecular complexity index is 869. The first kappa shape index (κ1) is 49.8. The lowest BCUT2D eigenvalue weighted by molar-refractivity contribution is -0.161. The van der Waals surface area contributed by atoms with E-state index in [9.17, 15) is 19.0 Å². The fraction of sp³-hybridized carbons (Fsp3) is 0.902. The van der Waals surface area contributed by atoms with Crippen molar-refractivity contribution < 1.29 is 37.6 Å². The van der Waals surface area contributed by atoms with E-state index in [0.717, 1.165) is 51.4 Å². The van der Waals surface area contributed by atoms with E-state index >= 15 is 0 Å². The Labute approximate surface area is 314 Å². The Kier molecular flexibility index (Phi) is 36.2. The normalized spacial score (nSPS) is 13.5. The molecule has 1 N–H and O–H groups in total. The van der Waals surface area contributed by atoms with Gasteiger partial charge in [0.15, 0.2) is 6.10 Å². The molecule has 0 amide bonds. The first-order valence-electron chi connectivity index (χ1n) is 21.0. The summed E-state index contributed by atoms with van der Waals surface area (Å²) in [5.74, 6) is -0.805. The van der Waals surface area contributed by atoms with E-state index in [-0.39, 0.29) is 32.0 Å². The lowest BCUT2D eigenvalue weighted by Crippen LogP contribution is -2.29. The van der Waals surface area contributed by atoms with Gasteiger partial charge in [-0.1, -0.05) is 154 Å². The number of hydrogen-bond donors (Lipinski definition) is 1. The molecule has 0 saturated heterocycles. The Morgan fingerprint density at radius 3 is 1.45 bits per heavy atom. The number of carbonyl (C=O) groups is 2. The summed E-state index contributed by atoms with van der Waals surface area (Å²) >= 11 is 0. The molecule has 0 aromatic heterocycles. The average molecular weight is 746 g/mol. The lowest BCUT2D eigenvalue weighted by atomic mass is 10.0. The third-order valence-corrected chi connectivity index (χ3v) is 10.1. The van der Waals surface area contributed by atoms with Gasteiger partial charge < -0.3 is 19.3 Å². The van der Waals surface area contributed by atoms with E-state index in [0.29, 0.717) is 13.0 Å². The molecule has 0 aliphatic carbocycles. The van der Waals surface area contributed by atoms with Gasteiger partial charge in [-0.15, -0.1) is 0 Å². The average Bonchev–Trinajstić information content (AvgIpc) is 3.09. The van der Waals surface area contributed by atoms with Crippen LogP contribution in [0.2, 0.25) is 0 Å². The van der Waals surface area contributed by atoms with Crippen LogP contribution in [0.1, 0.15) is 194 Å². The maximum Gasteiger partial charge on any atom is 0.472 e. The van der Waals surface area contributed by atoms with Gasteiger partial charge in [-0.25, -0.2) is 4.57 Å². The second-order valence-corrected chi connectivity index (χ2v) is 16.0. The van der Waals surface area contributed by atoms with E-state index in [4.69, 9.17) is 18.5 Å². The van der Waals surface area contributed by atoms with Gasteiger partial charge in [0, 0.05) is 19.4 Å². The molecule has 9 nitrogen and oxygen atoms in total. The number of hydrogen-bond acceptors (Lipinski definition) is 8. The number of allylic oxidation sites excluding steroid dienone is 2. The molecule has 0 aromatic rings. The number of phosphoric acid groups is 1. The van der Waals surface area contributed by atoms with Crippen LogP contribution >= 0.6 is 7.82 Å². The molecule has 0 rings (SSSR count). The van der Waals surface area contributed by atoms with Crippen LogP contribution in [0.15, 0.2) is 12.2 Å². The van der Waals surface area contributed by atoms with Gasteiger partial charge in [-0.05, 0) is 52.6 Å². The highest BCUT2D eigenvalue weighted by Gasteiger charge is 2.26. The highest BCUT2D eigenvalue weighted by atomic mass is 31.2. The predicted octanol–water partition coefficient (Wildman–Crippen LogP) is 11.7. The lowest BCUT2D eigenvalue weighted by Gasteiger charge is -2.20. The minimum absolute atomic E-state index is 0.00915. The molecule has 0 aliphatic rings. The molecular weight excluding hydrogens is 665 g/mol. The summed E-state index contributed by atoms with van der Waals surface area (Å²) < 4.78 is 33.4. The monoisotopic (exact) mass is 746 g/mol. The molecule has 2 unspecified atom stereocenters. The molecule has 0 bridgehead atoms. The minimum Gasteiger partial charge on any atom is -0.462 e. The summed E-state index contributed by atoms with van der Waals surface area (Å²) in [5, 5.41) is 0. The molecule has 0 fully saturated rings. The van der Waals surface area contributed by atoms with Crippen LogP contribution < -0.4 is 0 Å². The van der Waals surface area contributed by atoms with E-state index in [2.05, 4.69) is 26.0 Å². The molecule has 0 aliphatic heterocycles. The molecule has 2 atom stereocenters. The number of ether oxygens (including phenoxy) is 2. The summed E-state index contributed by atoms with van der Waals surface area (Å²) in [5.41, 5.74) is 0. The molecular formula is C41H80NO8P. The van der Waals surface area contributed by atoms with Crippen LogP contribution in [0, 0.1) is 0 Å². The predicted molar refractivity (Wildman–Crippen MR) is 211 cm³/mol. The van der Waals surface area contributed by atoms with Gasteiger partial charge in [-0.2, -0.15) is 0 Å². The quantitative estimate of drug-likeness (QED) is 0.0284. The summed E-state index contributed by atoms with van der Waals surface area (Å²) in [6.07, 6.45) is 35.3. The van der Waals surface area contributed by atoms with Crippen LogP contribution in [-0.2, 0) is 32.7 Å². The minimum atomic E-state index is -4.35. The van der Waals surface area contributed by atoms with Gasteiger partial charge in [0.2, 0.25) is 0 Å². The van der Waals surface area contributed by atoms with Gasteiger partial charge in [0.1, 0.15) is 6.61 Å². The molecule has 0 aromatic carbocycles. The molecule has 0 heterocycles. The van der Waals surface area contributed by atoms with Crippen molar-refractivity contribution in [3.05, 3.63) is 12.2 Å². The fourth-order valence-electron chi connectivity index (χ4n) is 5.80. The number of likely N-dealkylation sites (N-methyl/N-ethyl adjacent to an activating group) is 1. The smallest absolute Gasteiger partial charge is 0.462 e. The number of nitrogens with zero attached hydrogens (tertiary/aromatic N) is 1. The summed E-state index contributed by atoms with van der Waals surface area (Å²) in [6, 6.07) is 0. The second-order valence-electron chi connectivity index (χ2n) is 14.5. The SMILES string of the molecule is CCCCCCCC/C=C\CCCCCCCC(=O)OCC(COP(=O)(O)OCCN(C)C)OC(=O)CCCCCCCCCCCCCCC. The number of esters is 2. The zero-order chi connectivity index (χ0) is 37.7. The highest BCUT2D eigenvalue weighted by molar-refractivity contribution is 7.47. The van der Waals surface area contributed by atoms with E-state index in [1.807, 2.05) is 19.0 Å². The van der Waals surface area contributed by atoms with Gasteiger partial charge in [0.05, 0.1) is 13.2 Å². The van der Waals surface area contributed by atoms with Gasteiger partial charge in [-0.3, -0.25) is 18.6 Å². The Morgan fingerprint density at radius 2 is 1.00 bits per heavy atom. The van der Waals surface area contributed by atoms with Crippen molar-refractivity contribution in [3.8, 4) is 0 Å². The van der Waals surface area contributed by atoms with Crippen LogP contribution in [0.5, 0.6) is 0 Å². The first-order valence-corrected chi connectivity index (χ1v) is 22.5. The van der Waals surface area contributed by atoms with Crippen molar-refractivity contribution >= 4 is 19.8 Å². The summed E-state index contributed by atoms with van der Waals surface area (Å²) in [6.45, 7) is 4.32. The van der Waals surface area contributed by atoms with E-state index in [1.54, 1.807) is 0 Å². The Hall–Kier alpha value is -1.25. The van der Waals surface area contributed by atoms with Crippen LogP contribution in [-0.4, -0.2) is 68.3 Å². The van der Waals surface area contributed by atoms with E-state index < -0.39 is 26.5 Å². The molecule has 10 heteroatoms. The van der Waals surface area contributed by atoms with Crippen molar-refractivity contribution in [1.29, 1.82) is 0 Å². The molecule has 51 heavy (non-hydrogen) atoms. The summed E-state index contributed by atoms with van der Waals surface area (Å²) in [4.78, 5) is 36.9. The van der Waals surface area contributed by atoms with Crippen LogP contribution in [0.25, 0.3) is 0 Å². The van der Waals surface area contributed by atoms with Crippen LogP contribution in [0.4, 0.5) is 0 Å². The Balaban J connectivity index is 4.30. The first-order chi connectivity index (χ1) is 24.7. The van der Waals surface area contributed by atoms with Gasteiger partial charge >= 0.3 is 19.8 Å². The zero-order valence-electron chi connectivity index (χ0n) is 33.6. The maximum absolute atomic E-state index is 12.6. The number of rotatable bonds is 39. The topological polar surface area (TPSA) is 112 Å². The van der Waals surface area contributed by atoms with Crippen molar-refractivity contribution in [2.75, 3.05) is 40.5 Å². The maximum atomic E-state index is 12.6.